The lowest BCUT2D eigenvalue weighted by Crippen LogP contribution is -2.24. The second-order valence-electron chi connectivity index (χ2n) is 7.44. The molecular formula is C21H25N2O6PS. The number of benzene rings is 2. The lowest BCUT2D eigenvalue weighted by Gasteiger charge is -2.22. The van der Waals surface area contributed by atoms with Gasteiger partial charge in [0.1, 0.15) is 11.5 Å². The third-order valence-electron chi connectivity index (χ3n) is 4.60. The van der Waals surface area contributed by atoms with Gasteiger partial charge in [-0.15, -0.1) is 0 Å². The molecule has 1 atom stereocenters. The minimum absolute atomic E-state index is 0.0887. The Labute approximate surface area is 185 Å². The van der Waals surface area contributed by atoms with E-state index >= 15 is 0 Å². The predicted octanol–water partition coefficient (Wildman–Crippen LogP) is 5.30. The van der Waals surface area contributed by atoms with E-state index in [0.29, 0.717) is 5.75 Å². The monoisotopic (exact) mass is 464 g/mol. The van der Waals surface area contributed by atoms with Gasteiger partial charge in [-0.3, -0.25) is 14.9 Å². The normalized spacial score (nSPS) is 15.1. The zero-order chi connectivity index (χ0) is 22.4. The molecule has 0 bridgehead atoms. The molecule has 8 nitrogen and oxygen atoms in total. The van der Waals surface area contributed by atoms with Crippen LogP contribution in [0.25, 0.3) is 0 Å². The Bertz CT molecular complexity index is 996. The number of fused-ring (bicyclic) bond motifs is 1. The topological polar surface area (TPSA) is 108 Å². The average Bonchev–Trinajstić information content (AvgIpc) is 2.72. The molecule has 31 heavy (non-hydrogen) atoms. The first-order valence-electron chi connectivity index (χ1n) is 10.0. The maximum absolute atomic E-state index is 13.5. The smallest absolute Gasteiger partial charge is 0.405 e. The number of nitro groups is 1. The molecule has 0 radical (unpaired) electrons. The molecule has 1 N–H and O–H groups in total. The molecule has 0 aromatic heterocycles. The van der Waals surface area contributed by atoms with Crippen LogP contribution in [0.15, 0.2) is 42.5 Å². The lowest BCUT2D eigenvalue weighted by atomic mass is 9.92. The highest BCUT2D eigenvalue weighted by Crippen LogP contribution is 2.45. The summed E-state index contributed by atoms with van der Waals surface area (Å²) in [4.78, 5) is 22.4. The molecular weight excluding hydrogens is 439 g/mol. The van der Waals surface area contributed by atoms with Gasteiger partial charge in [-0.05, 0) is 61.1 Å². The fourth-order valence-corrected chi connectivity index (χ4v) is 5.30. The number of carbonyl (C=O) groups is 1. The highest BCUT2D eigenvalue weighted by Gasteiger charge is 2.30. The van der Waals surface area contributed by atoms with E-state index in [1.165, 1.54) is 29.8 Å². The Hall–Kier alpha value is -2.35. The summed E-state index contributed by atoms with van der Waals surface area (Å²) in [6.07, 6.45) is 4.17. The third-order valence-corrected chi connectivity index (χ3v) is 6.93. The fourth-order valence-electron chi connectivity index (χ4n) is 3.22. The zero-order valence-electron chi connectivity index (χ0n) is 17.4. The first-order chi connectivity index (χ1) is 14.7. The minimum atomic E-state index is -3.99. The molecule has 2 aromatic carbocycles. The summed E-state index contributed by atoms with van der Waals surface area (Å²) in [5.41, 5.74) is 2.28. The SMILES string of the molecule is CC(C)SC(=O)CNP(=O)(Oc1ccc([N+](=O)[O-])cc1)Oc1ccc2c(c1)CCCC2. The van der Waals surface area contributed by atoms with Gasteiger partial charge in [0, 0.05) is 17.4 Å². The predicted molar refractivity (Wildman–Crippen MR) is 121 cm³/mol. The van der Waals surface area contributed by atoms with Crippen LogP contribution in [-0.4, -0.2) is 21.8 Å². The molecule has 3 rings (SSSR count). The number of thioether (sulfide) groups is 1. The molecule has 0 heterocycles. The van der Waals surface area contributed by atoms with Crippen molar-refractivity contribution in [2.24, 2.45) is 0 Å². The molecule has 2 aromatic rings. The number of hydrogen-bond acceptors (Lipinski definition) is 7. The number of hydrogen-bond donors (Lipinski definition) is 1. The van der Waals surface area contributed by atoms with Gasteiger partial charge < -0.3 is 9.05 Å². The highest BCUT2D eigenvalue weighted by atomic mass is 32.2. The second kappa shape index (κ2) is 10.3. The first-order valence-corrected chi connectivity index (χ1v) is 12.5. The van der Waals surface area contributed by atoms with Gasteiger partial charge >= 0.3 is 7.75 Å². The van der Waals surface area contributed by atoms with Gasteiger partial charge in [0.15, 0.2) is 0 Å². The van der Waals surface area contributed by atoms with Crippen molar-refractivity contribution in [2.75, 3.05) is 6.54 Å². The molecule has 0 aliphatic heterocycles. The van der Waals surface area contributed by atoms with E-state index < -0.39 is 12.7 Å². The van der Waals surface area contributed by atoms with E-state index in [1.54, 1.807) is 6.07 Å². The Balaban J connectivity index is 1.80. The summed E-state index contributed by atoms with van der Waals surface area (Å²) < 4.78 is 24.8. The molecule has 10 heteroatoms. The van der Waals surface area contributed by atoms with E-state index in [9.17, 15) is 19.5 Å². The van der Waals surface area contributed by atoms with Crippen molar-refractivity contribution >= 4 is 30.3 Å². The second-order valence-corrected chi connectivity index (χ2v) is 10.8. The number of non-ortho nitro benzene ring substituents is 1. The summed E-state index contributed by atoms with van der Waals surface area (Å²) in [6.45, 7) is 3.57. The van der Waals surface area contributed by atoms with Crippen molar-refractivity contribution in [1.82, 2.24) is 5.09 Å². The van der Waals surface area contributed by atoms with Crippen LogP contribution in [-0.2, 0) is 22.2 Å². The van der Waals surface area contributed by atoms with E-state index in [4.69, 9.17) is 9.05 Å². The van der Waals surface area contributed by atoms with Crippen LogP contribution >= 0.6 is 19.5 Å². The van der Waals surface area contributed by atoms with Crippen molar-refractivity contribution in [3.05, 3.63) is 63.7 Å². The Morgan fingerprint density at radius 2 is 1.71 bits per heavy atom. The quantitative estimate of drug-likeness (QED) is 0.303. The van der Waals surface area contributed by atoms with Crippen molar-refractivity contribution in [2.45, 2.75) is 44.8 Å². The summed E-state index contributed by atoms with van der Waals surface area (Å²) in [6, 6.07) is 10.7. The molecule has 0 saturated heterocycles. The van der Waals surface area contributed by atoms with Gasteiger partial charge in [-0.25, -0.2) is 4.57 Å². The third kappa shape index (κ3) is 6.82. The molecule has 1 aliphatic carbocycles. The van der Waals surface area contributed by atoms with E-state index in [-0.39, 0.29) is 28.3 Å². The summed E-state index contributed by atoms with van der Waals surface area (Å²) in [5.74, 6) is 0.505. The Morgan fingerprint density at radius 1 is 1.10 bits per heavy atom. The molecule has 1 aliphatic rings. The number of aryl methyl sites for hydroxylation is 2. The van der Waals surface area contributed by atoms with Crippen molar-refractivity contribution in [3.8, 4) is 11.5 Å². The van der Waals surface area contributed by atoms with Crippen LogP contribution < -0.4 is 14.1 Å². The number of carbonyl (C=O) groups excluding carboxylic acids is 1. The molecule has 0 fully saturated rings. The first kappa shape index (κ1) is 23.3. The summed E-state index contributed by atoms with van der Waals surface area (Å²) in [5, 5.41) is 13.4. The maximum Gasteiger partial charge on any atom is 0.513 e. The molecule has 0 saturated carbocycles. The van der Waals surface area contributed by atoms with Gasteiger partial charge in [0.2, 0.25) is 5.12 Å². The van der Waals surface area contributed by atoms with Gasteiger partial charge in [-0.1, -0.05) is 31.7 Å². The lowest BCUT2D eigenvalue weighted by molar-refractivity contribution is -0.384. The number of nitrogens with zero attached hydrogens (tertiary/aromatic N) is 1. The number of nitrogens with one attached hydrogen (secondary N) is 1. The largest absolute Gasteiger partial charge is 0.513 e. The van der Waals surface area contributed by atoms with E-state index in [2.05, 4.69) is 5.09 Å². The Kier molecular flexibility index (Phi) is 7.75. The van der Waals surface area contributed by atoms with Crippen LogP contribution in [0.3, 0.4) is 0 Å². The molecule has 166 valence electrons. The van der Waals surface area contributed by atoms with Gasteiger partial charge in [-0.2, -0.15) is 5.09 Å². The Morgan fingerprint density at radius 3 is 2.35 bits per heavy atom. The van der Waals surface area contributed by atoms with Crippen molar-refractivity contribution < 1.29 is 23.3 Å². The molecule has 0 spiro atoms. The van der Waals surface area contributed by atoms with Crippen LogP contribution in [0.5, 0.6) is 11.5 Å². The highest BCUT2D eigenvalue weighted by molar-refractivity contribution is 8.14. The van der Waals surface area contributed by atoms with E-state index in [1.807, 2.05) is 26.0 Å². The zero-order valence-corrected chi connectivity index (χ0v) is 19.1. The standard InChI is InChI=1S/C21H25N2O6PS/c1-15(2)31-21(24)14-22-30(27,28-19-11-8-18(9-12-19)23(25)26)29-20-10-7-16-5-3-4-6-17(16)13-20/h7-13,15H,3-6,14H2,1-2H3,(H,22,27). The van der Waals surface area contributed by atoms with E-state index in [0.717, 1.165) is 43.0 Å². The van der Waals surface area contributed by atoms with Crippen LogP contribution in [0.1, 0.15) is 37.8 Å². The maximum atomic E-state index is 13.5. The minimum Gasteiger partial charge on any atom is -0.405 e. The van der Waals surface area contributed by atoms with Crippen molar-refractivity contribution in [3.63, 3.8) is 0 Å². The van der Waals surface area contributed by atoms with Crippen LogP contribution in [0.4, 0.5) is 5.69 Å². The van der Waals surface area contributed by atoms with Gasteiger partial charge in [0.05, 0.1) is 11.5 Å². The van der Waals surface area contributed by atoms with Crippen LogP contribution in [0, 0.1) is 10.1 Å². The molecule has 1 unspecified atom stereocenters. The fraction of sp³-hybridized carbons (Fsp3) is 0.381. The van der Waals surface area contributed by atoms with Crippen molar-refractivity contribution in [1.29, 1.82) is 0 Å². The molecule has 0 amide bonds. The van der Waals surface area contributed by atoms with Gasteiger partial charge in [0.25, 0.3) is 5.69 Å². The average molecular weight is 464 g/mol. The summed E-state index contributed by atoms with van der Waals surface area (Å²) >= 11 is 1.12. The number of rotatable bonds is 9. The van der Waals surface area contributed by atoms with Crippen LogP contribution in [0.2, 0.25) is 0 Å². The number of nitro benzene ring substituents is 1. The summed E-state index contributed by atoms with van der Waals surface area (Å²) in [7, 11) is -3.99.